The molecule has 0 heterocycles. The minimum atomic E-state index is -4.40. The Morgan fingerprint density at radius 2 is 1.09 bits per heavy atom. The number of carbonyl (C=O) groups is 2. The van der Waals surface area contributed by atoms with Crippen LogP contribution < -0.4 is 0 Å². The van der Waals surface area contributed by atoms with Crippen molar-refractivity contribution in [3.63, 3.8) is 0 Å². The minimum Gasteiger partial charge on any atom is -0.462 e. The number of aliphatic hydroxyl groups is 1. The zero-order chi connectivity index (χ0) is 42.3. The quantitative estimate of drug-likeness (QED) is 0.0205. The lowest BCUT2D eigenvalue weighted by Gasteiger charge is -2.24. The fraction of sp³-hybridized carbons (Fsp3) is 0.739. The van der Waals surface area contributed by atoms with Crippen molar-refractivity contribution in [1.29, 1.82) is 0 Å². The first-order valence-electron chi connectivity index (χ1n) is 22.0. The van der Waals surface area contributed by atoms with E-state index in [9.17, 15) is 24.2 Å². The Morgan fingerprint density at radius 1 is 0.614 bits per heavy atom. The van der Waals surface area contributed by atoms with Gasteiger partial charge < -0.3 is 24.0 Å². The topological polar surface area (TPSA) is 129 Å². The number of ether oxygens (including phenoxy) is 2. The van der Waals surface area contributed by atoms with Gasteiger partial charge in [0.2, 0.25) is 0 Å². The summed E-state index contributed by atoms with van der Waals surface area (Å²) in [4.78, 5) is 35.3. The Bertz CT molecular complexity index is 1170. The number of likely N-dealkylation sites (N-methyl/N-ethyl adjacent to an activating group) is 1. The molecule has 1 unspecified atom stereocenters. The standard InChI is InChI=1S/C46H82NO9P/c1-6-7-8-9-10-11-12-13-15-19-22-25-28-31-34-37-45(49)53-41-44(42-55-57(51,52)54-40-39-47(3,4)5)56-46(50)38-35-32-29-26-23-20-17-14-16-18-21-24-27-30-33-36-43(2)48/h13,15-18,20,24,26-27,29,43-44,48H,6-12,14,19,21-23,25,28,30-42H2,1-5H3/p+1/b15-13-,18-16-,20-17-,27-24-,29-26-/t43-,44+/m0/s1. The molecule has 0 radical (unpaired) electrons. The van der Waals surface area contributed by atoms with Crippen molar-refractivity contribution in [2.24, 2.45) is 0 Å². The number of nitrogens with zero attached hydrogens (tertiary/aromatic N) is 1. The SMILES string of the molecule is CCCCCCCC/C=C\CCCCCCCC(=O)OC[C@H](COP(=O)(O)OCC[N+](C)(C)C)OC(=O)CCC/C=C\C/C=C\C/C=C\C/C=C\CCC[C@H](C)O. The van der Waals surface area contributed by atoms with Crippen LogP contribution in [0.5, 0.6) is 0 Å². The van der Waals surface area contributed by atoms with E-state index in [4.69, 9.17) is 18.5 Å². The maximum absolute atomic E-state index is 12.7. The highest BCUT2D eigenvalue weighted by Gasteiger charge is 2.27. The molecule has 3 atom stereocenters. The van der Waals surface area contributed by atoms with E-state index in [1.807, 2.05) is 34.1 Å². The molecular formula is C46H83NO9P+. The second kappa shape index (κ2) is 37.9. The van der Waals surface area contributed by atoms with Crippen LogP contribution in [0.3, 0.4) is 0 Å². The summed E-state index contributed by atoms with van der Waals surface area (Å²) in [5, 5.41) is 9.28. The molecule has 0 aromatic rings. The molecule has 0 spiro atoms. The van der Waals surface area contributed by atoms with Crippen LogP contribution in [0.4, 0.5) is 0 Å². The van der Waals surface area contributed by atoms with Gasteiger partial charge in [-0.1, -0.05) is 119 Å². The van der Waals surface area contributed by atoms with Gasteiger partial charge in [0.25, 0.3) is 0 Å². The number of phosphoric acid groups is 1. The fourth-order valence-electron chi connectivity index (χ4n) is 5.55. The predicted molar refractivity (Wildman–Crippen MR) is 235 cm³/mol. The van der Waals surface area contributed by atoms with Crippen LogP contribution in [0.25, 0.3) is 0 Å². The molecule has 2 N–H and O–H groups in total. The first kappa shape index (κ1) is 54.7. The van der Waals surface area contributed by atoms with Crippen molar-refractivity contribution in [3.05, 3.63) is 60.8 Å². The molecule has 0 aliphatic carbocycles. The smallest absolute Gasteiger partial charge is 0.462 e. The molecule has 0 saturated carbocycles. The number of phosphoric ester groups is 1. The van der Waals surface area contributed by atoms with E-state index in [1.165, 1.54) is 44.9 Å². The van der Waals surface area contributed by atoms with Crippen LogP contribution in [-0.4, -0.2) is 86.1 Å². The molecule has 0 aromatic carbocycles. The number of hydrogen-bond acceptors (Lipinski definition) is 8. The van der Waals surface area contributed by atoms with Crippen LogP contribution in [0.2, 0.25) is 0 Å². The zero-order valence-electron chi connectivity index (χ0n) is 36.7. The first-order valence-corrected chi connectivity index (χ1v) is 23.5. The molecule has 57 heavy (non-hydrogen) atoms. The van der Waals surface area contributed by atoms with Gasteiger partial charge in [-0.2, -0.15) is 0 Å². The third kappa shape index (κ3) is 43.1. The Balaban J connectivity index is 4.48. The summed E-state index contributed by atoms with van der Waals surface area (Å²) in [5.74, 6) is -0.895. The monoisotopic (exact) mass is 825 g/mol. The molecule has 11 heteroatoms. The lowest BCUT2D eigenvalue weighted by Crippen LogP contribution is -2.37. The van der Waals surface area contributed by atoms with E-state index in [0.717, 1.165) is 70.6 Å². The van der Waals surface area contributed by atoms with Crippen LogP contribution in [0.1, 0.15) is 162 Å². The van der Waals surface area contributed by atoms with Gasteiger partial charge in [-0.05, 0) is 90.4 Å². The third-order valence-corrected chi connectivity index (χ3v) is 10.0. The highest BCUT2D eigenvalue weighted by Crippen LogP contribution is 2.43. The van der Waals surface area contributed by atoms with Crippen molar-refractivity contribution in [2.75, 3.05) is 47.5 Å². The Morgan fingerprint density at radius 3 is 1.65 bits per heavy atom. The number of allylic oxidation sites excluding steroid dienone is 10. The molecule has 0 aliphatic rings. The van der Waals surface area contributed by atoms with Crippen LogP contribution in [0.15, 0.2) is 60.8 Å². The molecule has 0 bridgehead atoms. The van der Waals surface area contributed by atoms with Crippen molar-refractivity contribution in [2.45, 2.75) is 174 Å². The summed E-state index contributed by atoms with van der Waals surface area (Å²) < 4.78 is 34.2. The largest absolute Gasteiger partial charge is 0.472 e. The predicted octanol–water partition coefficient (Wildman–Crippen LogP) is 11.4. The second-order valence-electron chi connectivity index (χ2n) is 16.0. The number of hydrogen-bond donors (Lipinski definition) is 2. The minimum absolute atomic E-state index is 0.0121. The second-order valence-corrected chi connectivity index (χ2v) is 17.5. The average molecular weight is 825 g/mol. The highest BCUT2D eigenvalue weighted by molar-refractivity contribution is 7.47. The van der Waals surface area contributed by atoms with E-state index in [1.54, 1.807) is 0 Å². The summed E-state index contributed by atoms with van der Waals surface area (Å²) in [7, 11) is 1.41. The van der Waals surface area contributed by atoms with E-state index in [0.29, 0.717) is 30.3 Å². The van der Waals surface area contributed by atoms with Crippen LogP contribution in [0, 0.1) is 0 Å². The van der Waals surface area contributed by atoms with Crippen molar-refractivity contribution >= 4 is 19.8 Å². The summed E-state index contributed by atoms with van der Waals surface area (Å²) >= 11 is 0. The van der Waals surface area contributed by atoms with E-state index in [-0.39, 0.29) is 32.2 Å². The number of esters is 2. The van der Waals surface area contributed by atoms with E-state index >= 15 is 0 Å². The van der Waals surface area contributed by atoms with Gasteiger partial charge in [0, 0.05) is 12.8 Å². The van der Waals surface area contributed by atoms with Gasteiger partial charge in [-0.25, -0.2) is 4.57 Å². The molecular weight excluding hydrogens is 741 g/mol. The highest BCUT2D eigenvalue weighted by atomic mass is 31.2. The van der Waals surface area contributed by atoms with Gasteiger partial charge in [0.15, 0.2) is 6.10 Å². The van der Waals surface area contributed by atoms with Gasteiger partial charge in [-0.15, -0.1) is 0 Å². The Labute approximate surface area is 348 Å². The number of rotatable bonds is 39. The molecule has 330 valence electrons. The summed E-state index contributed by atoms with van der Waals surface area (Å²) in [6, 6.07) is 0. The molecule has 0 amide bonds. The molecule has 10 nitrogen and oxygen atoms in total. The van der Waals surface area contributed by atoms with Crippen LogP contribution in [-0.2, 0) is 32.7 Å². The number of unbranched alkanes of at least 4 members (excludes halogenated alkanes) is 13. The number of quaternary nitrogens is 1. The molecule has 0 saturated heterocycles. The Hall–Kier alpha value is -2.33. The van der Waals surface area contributed by atoms with Crippen LogP contribution >= 0.6 is 7.82 Å². The lowest BCUT2D eigenvalue weighted by molar-refractivity contribution is -0.870. The lowest BCUT2D eigenvalue weighted by atomic mass is 10.1. The van der Waals surface area contributed by atoms with Crippen molar-refractivity contribution in [1.82, 2.24) is 0 Å². The number of carbonyl (C=O) groups excluding carboxylic acids is 2. The van der Waals surface area contributed by atoms with Gasteiger partial charge in [0.1, 0.15) is 19.8 Å². The molecule has 0 rings (SSSR count). The summed E-state index contributed by atoms with van der Waals surface area (Å²) in [5.41, 5.74) is 0. The van der Waals surface area contributed by atoms with Crippen molar-refractivity contribution < 1.29 is 47.2 Å². The molecule has 0 aliphatic heterocycles. The first-order chi connectivity index (χ1) is 27.3. The average Bonchev–Trinajstić information content (AvgIpc) is 3.14. The maximum Gasteiger partial charge on any atom is 0.472 e. The molecule has 0 fully saturated rings. The molecule has 0 aromatic heterocycles. The summed E-state index contributed by atoms with van der Waals surface area (Å²) in [6.45, 7) is 3.87. The van der Waals surface area contributed by atoms with E-state index in [2.05, 4.69) is 61.6 Å². The van der Waals surface area contributed by atoms with E-state index < -0.39 is 32.5 Å². The fourth-order valence-corrected chi connectivity index (χ4v) is 6.29. The summed E-state index contributed by atoms with van der Waals surface area (Å²) in [6.07, 6.45) is 42.6. The Kier molecular flexibility index (Phi) is 36.4. The zero-order valence-corrected chi connectivity index (χ0v) is 37.6. The van der Waals surface area contributed by atoms with Gasteiger partial charge in [0.05, 0.1) is 33.9 Å². The van der Waals surface area contributed by atoms with Gasteiger partial charge in [-0.3, -0.25) is 18.6 Å². The van der Waals surface area contributed by atoms with Crippen molar-refractivity contribution in [3.8, 4) is 0 Å². The third-order valence-electron chi connectivity index (χ3n) is 9.04. The normalized spacial score (nSPS) is 14.7. The number of aliphatic hydroxyl groups excluding tert-OH is 1. The van der Waals surface area contributed by atoms with Gasteiger partial charge >= 0.3 is 19.8 Å². The maximum atomic E-state index is 12.7.